The van der Waals surface area contributed by atoms with Gasteiger partial charge in [0.1, 0.15) is 5.76 Å². The molecule has 2 aromatic carbocycles. The molecular formula is C22H19N5O2S. The molecule has 0 bridgehead atoms. The third-order valence-electron chi connectivity index (χ3n) is 4.21. The second-order valence-electron chi connectivity index (χ2n) is 6.44. The maximum Gasteiger partial charge on any atom is 0.250 e. The lowest BCUT2D eigenvalue weighted by atomic mass is 10.1. The largest absolute Gasteiger partial charge is 0.463 e. The van der Waals surface area contributed by atoms with Crippen LogP contribution in [0.15, 0.2) is 87.7 Å². The van der Waals surface area contributed by atoms with Crippen LogP contribution in [0.4, 0.5) is 0 Å². The number of carbonyl (C=O) groups excluding carboxylic acids is 1. The Morgan fingerprint density at radius 3 is 2.63 bits per heavy atom. The number of aryl methyl sites for hydroxylation is 1. The Hall–Kier alpha value is -3.65. The quantitative estimate of drug-likeness (QED) is 0.278. The molecule has 0 aliphatic carbocycles. The average Bonchev–Trinajstić information content (AvgIpc) is 3.43. The van der Waals surface area contributed by atoms with E-state index in [1.807, 2.05) is 66.1 Å². The molecular weight excluding hydrogens is 398 g/mol. The molecule has 4 aromatic rings. The predicted molar refractivity (Wildman–Crippen MR) is 117 cm³/mol. The normalized spacial score (nSPS) is 11.1. The number of hydrogen-bond donors (Lipinski definition) is 1. The van der Waals surface area contributed by atoms with Crippen molar-refractivity contribution in [3.8, 4) is 17.1 Å². The number of carbonyl (C=O) groups is 1. The number of hydrogen-bond acceptors (Lipinski definition) is 6. The van der Waals surface area contributed by atoms with E-state index in [9.17, 15) is 4.79 Å². The number of hydrazone groups is 1. The standard InChI is InChI=1S/C22H19N5O2S/c1-16-9-11-17(12-10-16)21-25-26-22(27(21)18-6-3-2-4-7-18)30-15-20(28)24-23-14-19-8-5-13-29-19/h2-14H,15H2,1H3,(H,24,28)/b23-14-. The number of rotatable bonds is 7. The number of nitrogens with one attached hydrogen (secondary N) is 1. The number of para-hydroxylation sites is 1. The lowest BCUT2D eigenvalue weighted by Crippen LogP contribution is -2.19. The van der Waals surface area contributed by atoms with Crippen molar-refractivity contribution >= 4 is 23.9 Å². The van der Waals surface area contributed by atoms with Gasteiger partial charge in [0.05, 0.1) is 18.2 Å². The summed E-state index contributed by atoms with van der Waals surface area (Å²) in [4.78, 5) is 12.2. The lowest BCUT2D eigenvalue weighted by molar-refractivity contribution is -0.118. The zero-order valence-electron chi connectivity index (χ0n) is 16.2. The third-order valence-corrected chi connectivity index (χ3v) is 5.14. The van der Waals surface area contributed by atoms with Crippen LogP contribution < -0.4 is 5.43 Å². The monoisotopic (exact) mass is 417 g/mol. The number of benzene rings is 2. The molecule has 0 aliphatic rings. The zero-order valence-corrected chi connectivity index (χ0v) is 17.0. The number of aromatic nitrogens is 3. The first-order valence-corrected chi connectivity index (χ1v) is 10.3. The fourth-order valence-corrected chi connectivity index (χ4v) is 3.50. The molecule has 30 heavy (non-hydrogen) atoms. The molecule has 2 heterocycles. The van der Waals surface area contributed by atoms with E-state index in [-0.39, 0.29) is 11.7 Å². The fourth-order valence-electron chi connectivity index (χ4n) is 2.76. The zero-order chi connectivity index (χ0) is 20.8. The molecule has 0 radical (unpaired) electrons. The van der Waals surface area contributed by atoms with Gasteiger partial charge in [-0.15, -0.1) is 10.2 Å². The summed E-state index contributed by atoms with van der Waals surface area (Å²) in [6.45, 7) is 2.04. The van der Waals surface area contributed by atoms with E-state index in [0.717, 1.165) is 17.1 Å². The minimum Gasteiger partial charge on any atom is -0.463 e. The van der Waals surface area contributed by atoms with Crippen LogP contribution in [0, 0.1) is 6.92 Å². The predicted octanol–water partition coefficient (Wildman–Crippen LogP) is 4.08. The molecule has 0 atom stereocenters. The molecule has 1 amide bonds. The van der Waals surface area contributed by atoms with Crippen LogP contribution in [0.1, 0.15) is 11.3 Å². The summed E-state index contributed by atoms with van der Waals surface area (Å²) >= 11 is 1.30. The molecule has 8 heteroatoms. The summed E-state index contributed by atoms with van der Waals surface area (Å²) in [6, 6.07) is 21.5. The molecule has 150 valence electrons. The van der Waals surface area contributed by atoms with E-state index in [1.165, 1.54) is 23.5 Å². The first-order chi connectivity index (χ1) is 14.7. The van der Waals surface area contributed by atoms with Gasteiger partial charge in [-0.25, -0.2) is 5.43 Å². The molecule has 0 aliphatic heterocycles. The van der Waals surface area contributed by atoms with Gasteiger partial charge in [-0.2, -0.15) is 5.10 Å². The topological polar surface area (TPSA) is 85.3 Å². The smallest absolute Gasteiger partial charge is 0.250 e. The van der Waals surface area contributed by atoms with E-state index in [2.05, 4.69) is 20.7 Å². The second kappa shape index (κ2) is 9.23. The maximum atomic E-state index is 12.2. The van der Waals surface area contributed by atoms with Crippen molar-refractivity contribution < 1.29 is 9.21 Å². The molecule has 7 nitrogen and oxygen atoms in total. The van der Waals surface area contributed by atoms with E-state index >= 15 is 0 Å². The molecule has 0 saturated carbocycles. The number of furan rings is 1. The summed E-state index contributed by atoms with van der Waals surface area (Å²) in [5.74, 6) is 1.19. The molecule has 2 aromatic heterocycles. The molecule has 1 N–H and O–H groups in total. The van der Waals surface area contributed by atoms with Gasteiger partial charge in [0.2, 0.25) is 0 Å². The van der Waals surface area contributed by atoms with Crippen LogP contribution >= 0.6 is 11.8 Å². The van der Waals surface area contributed by atoms with Gasteiger partial charge in [-0.1, -0.05) is 59.8 Å². The van der Waals surface area contributed by atoms with Crippen molar-refractivity contribution in [2.45, 2.75) is 12.1 Å². The Bertz CT molecular complexity index is 1140. The summed E-state index contributed by atoms with van der Waals surface area (Å²) < 4.78 is 7.09. The molecule has 0 saturated heterocycles. The van der Waals surface area contributed by atoms with Crippen LogP contribution in [-0.2, 0) is 4.79 Å². The highest BCUT2D eigenvalue weighted by atomic mass is 32.2. The van der Waals surface area contributed by atoms with E-state index in [4.69, 9.17) is 4.42 Å². The maximum absolute atomic E-state index is 12.2. The summed E-state index contributed by atoms with van der Waals surface area (Å²) in [6.07, 6.45) is 2.99. The molecule has 4 rings (SSSR count). The van der Waals surface area contributed by atoms with E-state index < -0.39 is 0 Å². The Balaban J connectivity index is 1.53. The van der Waals surface area contributed by atoms with Gasteiger partial charge >= 0.3 is 0 Å². The van der Waals surface area contributed by atoms with Gasteiger partial charge in [-0.05, 0) is 31.2 Å². The lowest BCUT2D eigenvalue weighted by Gasteiger charge is -2.10. The van der Waals surface area contributed by atoms with Crippen LogP contribution in [0.5, 0.6) is 0 Å². The van der Waals surface area contributed by atoms with Crippen molar-refractivity contribution in [2.24, 2.45) is 5.10 Å². The average molecular weight is 417 g/mol. The molecule has 0 fully saturated rings. The summed E-state index contributed by atoms with van der Waals surface area (Å²) in [5.41, 5.74) is 5.54. The number of thioether (sulfide) groups is 1. The van der Waals surface area contributed by atoms with Gasteiger partial charge in [-0.3, -0.25) is 9.36 Å². The van der Waals surface area contributed by atoms with Gasteiger partial charge in [0.25, 0.3) is 5.91 Å². The van der Waals surface area contributed by atoms with Crippen molar-refractivity contribution in [2.75, 3.05) is 5.75 Å². The second-order valence-corrected chi connectivity index (χ2v) is 7.38. The highest BCUT2D eigenvalue weighted by Gasteiger charge is 2.17. The fraction of sp³-hybridized carbons (Fsp3) is 0.0909. The van der Waals surface area contributed by atoms with Gasteiger partial charge < -0.3 is 4.42 Å². The minimum absolute atomic E-state index is 0.147. The Morgan fingerprint density at radius 1 is 1.10 bits per heavy atom. The Labute approximate surface area is 177 Å². The van der Waals surface area contributed by atoms with Crippen LogP contribution in [0.25, 0.3) is 17.1 Å². The van der Waals surface area contributed by atoms with Crippen molar-refractivity contribution in [3.05, 3.63) is 84.3 Å². The van der Waals surface area contributed by atoms with Gasteiger partial charge in [0.15, 0.2) is 11.0 Å². The first kappa shape index (κ1) is 19.7. The molecule has 0 spiro atoms. The van der Waals surface area contributed by atoms with E-state index in [0.29, 0.717) is 10.9 Å². The van der Waals surface area contributed by atoms with Crippen LogP contribution in [-0.4, -0.2) is 32.6 Å². The highest BCUT2D eigenvalue weighted by molar-refractivity contribution is 7.99. The van der Waals surface area contributed by atoms with E-state index in [1.54, 1.807) is 18.4 Å². The third kappa shape index (κ3) is 4.66. The molecule has 0 unspecified atom stereocenters. The summed E-state index contributed by atoms with van der Waals surface area (Å²) in [7, 11) is 0. The van der Waals surface area contributed by atoms with Crippen molar-refractivity contribution in [1.29, 1.82) is 0 Å². The number of nitrogens with zero attached hydrogens (tertiary/aromatic N) is 4. The highest BCUT2D eigenvalue weighted by Crippen LogP contribution is 2.28. The van der Waals surface area contributed by atoms with Gasteiger partial charge in [0, 0.05) is 11.3 Å². The van der Waals surface area contributed by atoms with Crippen LogP contribution in [0.3, 0.4) is 0 Å². The van der Waals surface area contributed by atoms with Crippen LogP contribution in [0.2, 0.25) is 0 Å². The summed E-state index contributed by atoms with van der Waals surface area (Å²) in [5, 5.41) is 13.2. The Morgan fingerprint density at radius 2 is 1.90 bits per heavy atom. The SMILES string of the molecule is Cc1ccc(-c2nnc(SCC(=O)N/N=C\c3ccco3)n2-c2ccccc2)cc1. The Kier molecular flexibility index (Phi) is 6.05. The minimum atomic E-state index is -0.248. The number of amides is 1. The van der Waals surface area contributed by atoms with Crippen molar-refractivity contribution in [3.63, 3.8) is 0 Å². The van der Waals surface area contributed by atoms with Crippen molar-refractivity contribution in [1.82, 2.24) is 20.2 Å². The first-order valence-electron chi connectivity index (χ1n) is 9.27.